The second-order valence-corrected chi connectivity index (χ2v) is 6.62. The summed E-state index contributed by atoms with van der Waals surface area (Å²) in [6, 6.07) is 0.349. The fourth-order valence-corrected chi connectivity index (χ4v) is 3.81. The minimum atomic E-state index is -0.746. The van der Waals surface area contributed by atoms with Crippen LogP contribution in [0.4, 0.5) is 0 Å². The van der Waals surface area contributed by atoms with Gasteiger partial charge in [0.15, 0.2) is 0 Å². The van der Waals surface area contributed by atoms with Crippen LogP contribution in [0.1, 0.15) is 45.4 Å². The number of ether oxygens (including phenoxy) is 1. The number of nitrogens with one attached hydrogen (secondary N) is 1. The van der Waals surface area contributed by atoms with Crippen molar-refractivity contribution in [2.75, 3.05) is 27.2 Å². The zero-order chi connectivity index (χ0) is 14.8. The first-order valence-corrected chi connectivity index (χ1v) is 7.66. The molecule has 0 aromatic heterocycles. The van der Waals surface area contributed by atoms with Crippen LogP contribution in [0, 0.1) is 0 Å². The van der Waals surface area contributed by atoms with Gasteiger partial charge in [0.05, 0.1) is 5.60 Å². The van der Waals surface area contributed by atoms with Crippen LogP contribution in [-0.2, 0) is 9.53 Å². The predicted molar refractivity (Wildman–Crippen MR) is 77.9 cm³/mol. The van der Waals surface area contributed by atoms with Crippen LogP contribution in [-0.4, -0.2) is 60.4 Å². The molecule has 1 aliphatic heterocycles. The van der Waals surface area contributed by atoms with Crippen LogP contribution in [0.5, 0.6) is 0 Å². The van der Waals surface area contributed by atoms with E-state index in [1.165, 1.54) is 0 Å². The number of hydrogen-bond acceptors (Lipinski definition) is 4. The molecule has 0 aromatic rings. The first-order valence-electron chi connectivity index (χ1n) is 7.66. The molecule has 2 fully saturated rings. The van der Waals surface area contributed by atoms with Gasteiger partial charge in [-0.2, -0.15) is 0 Å². The Labute approximate surface area is 121 Å². The van der Waals surface area contributed by atoms with Crippen LogP contribution in [0.2, 0.25) is 0 Å². The lowest BCUT2D eigenvalue weighted by Crippen LogP contribution is -2.59. The van der Waals surface area contributed by atoms with Crippen molar-refractivity contribution in [2.24, 2.45) is 0 Å². The summed E-state index contributed by atoms with van der Waals surface area (Å²) in [5, 5.41) is 12.6. The van der Waals surface area contributed by atoms with Crippen molar-refractivity contribution in [3.8, 4) is 0 Å². The number of likely N-dealkylation sites (tertiary alicyclic amines) is 1. The molecule has 3 unspecified atom stereocenters. The number of rotatable bonds is 4. The number of nitrogens with zero attached hydrogens (tertiary/aromatic N) is 1. The van der Waals surface area contributed by atoms with Gasteiger partial charge < -0.3 is 15.2 Å². The first-order chi connectivity index (χ1) is 9.45. The van der Waals surface area contributed by atoms with Gasteiger partial charge in [-0.25, -0.2) is 0 Å². The zero-order valence-corrected chi connectivity index (χ0v) is 12.9. The summed E-state index contributed by atoms with van der Waals surface area (Å²) in [6.07, 6.45) is 5.70. The van der Waals surface area contributed by atoms with Gasteiger partial charge in [0.1, 0.15) is 5.54 Å². The second kappa shape index (κ2) is 6.00. The number of likely N-dealkylation sites (N-methyl/N-ethyl adjacent to an activating group) is 1. The Kier molecular flexibility index (Phi) is 4.72. The monoisotopic (exact) mass is 284 g/mol. The highest BCUT2D eigenvalue weighted by Gasteiger charge is 2.44. The minimum absolute atomic E-state index is 0.0821. The van der Waals surface area contributed by atoms with Crippen LogP contribution in [0.25, 0.3) is 0 Å². The highest BCUT2D eigenvalue weighted by Crippen LogP contribution is 2.34. The molecule has 116 valence electrons. The van der Waals surface area contributed by atoms with Gasteiger partial charge in [0, 0.05) is 19.7 Å². The molecule has 0 bridgehead atoms. The van der Waals surface area contributed by atoms with E-state index in [1.54, 1.807) is 14.2 Å². The van der Waals surface area contributed by atoms with E-state index in [9.17, 15) is 9.90 Å². The Morgan fingerprint density at radius 2 is 2.15 bits per heavy atom. The van der Waals surface area contributed by atoms with Crippen LogP contribution < -0.4 is 5.32 Å². The molecule has 1 saturated carbocycles. The van der Waals surface area contributed by atoms with E-state index in [1.807, 2.05) is 0 Å². The summed E-state index contributed by atoms with van der Waals surface area (Å²) in [6.45, 7) is 4.13. The Morgan fingerprint density at radius 3 is 2.75 bits per heavy atom. The van der Waals surface area contributed by atoms with Gasteiger partial charge in [0.25, 0.3) is 0 Å². The van der Waals surface area contributed by atoms with Gasteiger partial charge >= 0.3 is 5.97 Å². The van der Waals surface area contributed by atoms with Gasteiger partial charge in [-0.15, -0.1) is 0 Å². The number of carboxylic acid groups (broad SMARTS) is 1. The fourth-order valence-electron chi connectivity index (χ4n) is 3.81. The molecular weight excluding hydrogens is 256 g/mol. The van der Waals surface area contributed by atoms with E-state index in [-0.39, 0.29) is 5.60 Å². The molecule has 0 radical (unpaired) electrons. The van der Waals surface area contributed by atoms with Gasteiger partial charge in [-0.3, -0.25) is 9.69 Å². The number of piperidine rings is 1. The topological polar surface area (TPSA) is 61.8 Å². The van der Waals surface area contributed by atoms with E-state index in [4.69, 9.17) is 4.74 Å². The number of aliphatic carboxylic acids is 1. The third kappa shape index (κ3) is 3.00. The van der Waals surface area contributed by atoms with Gasteiger partial charge in [-0.1, -0.05) is 0 Å². The van der Waals surface area contributed by atoms with E-state index >= 15 is 0 Å². The second-order valence-electron chi connectivity index (χ2n) is 6.62. The number of hydrogen-bond donors (Lipinski definition) is 2. The van der Waals surface area contributed by atoms with E-state index in [0.29, 0.717) is 12.5 Å². The molecule has 0 spiro atoms. The minimum Gasteiger partial charge on any atom is -0.480 e. The van der Waals surface area contributed by atoms with E-state index in [0.717, 1.165) is 45.2 Å². The summed E-state index contributed by atoms with van der Waals surface area (Å²) in [5.41, 5.74) is -0.828. The molecule has 1 aliphatic carbocycles. The third-order valence-electron chi connectivity index (χ3n) is 5.31. The third-order valence-corrected chi connectivity index (χ3v) is 5.31. The molecule has 3 atom stereocenters. The van der Waals surface area contributed by atoms with Crippen LogP contribution in [0.15, 0.2) is 0 Å². The Bertz CT molecular complexity index is 363. The standard InChI is InChI=1S/C15H28N2O3/c1-14(20-3)7-5-9-17(11-14)12-6-4-8-15(10-12,16-2)13(18)19/h12,16H,4-11H2,1-3H3,(H,18,19). The van der Waals surface area contributed by atoms with Crippen molar-refractivity contribution in [2.45, 2.75) is 62.6 Å². The zero-order valence-electron chi connectivity index (χ0n) is 12.9. The molecule has 20 heavy (non-hydrogen) atoms. The maximum absolute atomic E-state index is 11.6. The van der Waals surface area contributed by atoms with Crippen molar-refractivity contribution in [1.29, 1.82) is 0 Å². The number of methoxy groups -OCH3 is 1. The molecule has 1 heterocycles. The van der Waals surface area contributed by atoms with Crippen molar-refractivity contribution in [3.05, 3.63) is 0 Å². The predicted octanol–water partition coefficient (Wildman–Crippen LogP) is 1.47. The average molecular weight is 284 g/mol. The molecular formula is C15H28N2O3. The summed E-state index contributed by atoms with van der Waals surface area (Å²) in [5.74, 6) is -0.712. The lowest BCUT2D eigenvalue weighted by molar-refractivity contribution is -0.147. The summed E-state index contributed by atoms with van der Waals surface area (Å²) >= 11 is 0. The molecule has 5 nitrogen and oxygen atoms in total. The average Bonchev–Trinajstić information content (AvgIpc) is 2.47. The summed E-state index contributed by atoms with van der Waals surface area (Å²) in [4.78, 5) is 14.1. The SMILES string of the molecule is CNC1(C(=O)O)CCCC(N2CCCC(C)(OC)C2)C1. The van der Waals surface area contributed by atoms with Crippen molar-refractivity contribution >= 4 is 5.97 Å². The highest BCUT2D eigenvalue weighted by atomic mass is 16.5. The van der Waals surface area contributed by atoms with E-state index in [2.05, 4.69) is 17.1 Å². The highest BCUT2D eigenvalue weighted by molar-refractivity contribution is 5.79. The largest absolute Gasteiger partial charge is 0.480 e. The number of carboxylic acids is 1. The lowest BCUT2D eigenvalue weighted by atomic mass is 9.77. The summed E-state index contributed by atoms with van der Waals surface area (Å²) in [7, 11) is 3.55. The molecule has 1 saturated heterocycles. The van der Waals surface area contributed by atoms with Crippen molar-refractivity contribution in [3.63, 3.8) is 0 Å². The van der Waals surface area contributed by atoms with Crippen LogP contribution in [0.3, 0.4) is 0 Å². The van der Waals surface area contributed by atoms with Crippen LogP contribution >= 0.6 is 0 Å². The number of carbonyl (C=O) groups is 1. The molecule has 0 amide bonds. The lowest BCUT2D eigenvalue weighted by Gasteiger charge is -2.47. The quantitative estimate of drug-likeness (QED) is 0.818. The molecule has 0 aromatic carbocycles. The Morgan fingerprint density at radius 1 is 1.40 bits per heavy atom. The summed E-state index contributed by atoms with van der Waals surface area (Å²) < 4.78 is 5.65. The molecule has 2 N–H and O–H groups in total. The van der Waals surface area contributed by atoms with E-state index < -0.39 is 11.5 Å². The van der Waals surface area contributed by atoms with Crippen molar-refractivity contribution in [1.82, 2.24) is 10.2 Å². The maximum atomic E-state index is 11.6. The molecule has 5 heteroatoms. The first kappa shape index (κ1) is 15.7. The smallest absolute Gasteiger partial charge is 0.323 e. The molecule has 2 rings (SSSR count). The Hall–Kier alpha value is -0.650. The van der Waals surface area contributed by atoms with Gasteiger partial charge in [-0.05, 0) is 59.0 Å². The Balaban J connectivity index is 2.07. The van der Waals surface area contributed by atoms with Crippen molar-refractivity contribution < 1.29 is 14.6 Å². The maximum Gasteiger partial charge on any atom is 0.323 e. The molecule has 2 aliphatic rings. The van der Waals surface area contributed by atoms with Gasteiger partial charge in [0.2, 0.25) is 0 Å². The fraction of sp³-hybridized carbons (Fsp3) is 0.933. The normalized spacial score (nSPS) is 39.6.